The fourth-order valence-corrected chi connectivity index (χ4v) is 1.74. The van der Waals surface area contributed by atoms with E-state index < -0.39 is 5.97 Å². The zero-order valence-corrected chi connectivity index (χ0v) is 10.4. The van der Waals surface area contributed by atoms with Crippen molar-refractivity contribution in [2.24, 2.45) is 0 Å². The largest absolute Gasteiger partial charge is 0.494 e. The third kappa shape index (κ3) is 3.46. The second kappa shape index (κ2) is 6.25. The van der Waals surface area contributed by atoms with Crippen molar-refractivity contribution in [1.82, 2.24) is 0 Å². The molecule has 94 valence electrons. The number of aromatic carboxylic acids is 1. The van der Waals surface area contributed by atoms with Crippen molar-refractivity contribution in [3.05, 3.63) is 29.3 Å². The maximum absolute atomic E-state index is 11.1. The molecule has 0 saturated heterocycles. The standard InChI is InChI=1S/C13H18O4/c1-4-17-10-5-6-11(13(14)15)12(7-10)9(2)8-16-3/h5-7,9H,4,8H2,1-3H3,(H,14,15). The highest BCUT2D eigenvalue weighted by molar-refractivity contribution is 5.89. The van der Waals surface area contributed by atoms with Gasteiger partial charge in [-0.3, -0.25) is 0 Å². The predicted octanol–water partition coefficient (Wildman–Crippen LogP) is 2.53. The van der Waals surface area contributed by atoms with E-state index in [4.69, 9.17) is 14.6 Å². The molecule has 0 spiro atoms. The fourth-order valence-electron chi connectivity index (χ4n) is 1.74. The van der Waals surface area contributed by atoms with E-state index in [0.29, 0.717) is 24.5 Å². The quantitative estimate of drug-likeness (QED) is 0.827. The Morgan fingerprint density at radius 1 is 1.47 bits per heavy atom. The van der Waals surface area contributed by atoms with E-state index in [-0.39, 0.29) is 5.92 Å². The second-order valence-corrected chi connectivity index (χ2v) is 3.84. The molecule has 0 aliphatic rings. The lowest BCUT2D eigenvalue weighted by molar-refractivity contribution is 0.0694. The molecule has 1 N–H and O–H groups in total. The van der Waals surface area contributed by atoms with E-state index in [1.807, 2.05) is 13.8 Å². The molecule has 1 atom stereocenters. The Bertz CT molecular complexity index is 387. The lowest BCUT2D eigenvalue weighted by atomic mass is 9.96. The Morgan fingerprint density at radius 3 is 2.71 bits per heavy atom. The summed E-state index contributed by atoms with van der Waals surface area (Å²) in [6.07, 6.45) is 0. The maximum atomic E-state index is 11.1. The first-order valence-electron chi connectivity index (χ1n) is 5.59. The highest BCUT2D eigenvalue weighted by Gasteiger charge is 2.16. The molecule has 0 saturated carbocycles. The normalized spacial score (nSPS) is 12.2. The zero-order valence-electron chi connectivity index (χ0n) is 10.4. The molecule has 0 amide bonds. The molecular formula is C13H18O4. The van der Waals surface area contributed by atoms with Gasteiger partial charge in [-0.1, -0.05) is 6.92 Å². The van der Waals surface area contributed by atoms with Gasteiger partial charge in [-0.05, 0) is 30.7 Å². The molecule has 4 heteroatoms. The molecule has 17 heavy (non-hydrogen) atoms. The Labute approximate surface area is 101 Å². The molecule has 1 unspecified atom stereocenters. The Hall–Kier alpha value is -1.55. The summed E-state index contributed by atoms with van der Waals surface area (Å²) in [5.74, 6) is -0.215. The molecule has 0 aliphatic heterocycles. The molecule has 1 aromatic rings. The van der Waals surface area contributed by atoms with Gasteiger partial charge >= 0.3 is 5.97 Å². The highest BCUT2D eigenvalue weighted by Crippen LogP contribution is 2.25. The number of carboxylic acids is 1. The first-order valence-corrected chi connectivity index (χ1v) is 5.59. The van der Waals surface area contributed by atoms with Gasteiger partial charge in [-0.15, -0.1) is 0 Å². The SMILES string of the molecule is CCOc1ccc(C(=O)O)c(C(C)COC)c1. The van der Waals surface area contributed by atoms with Gasteiger partial charge < -0.3 is 14.6 Å². The zero-order chi connectivity index (χ0) is 12.8. The van der Waals surface area contributed by atoms with Gasteiger partial charge in [0, 0.05) is 13.0 Å². The van der Waals surface area contributed by atoms with Crippen molar-refractivity contribution in [3.63, 3.8) is 0 Å². The van der Waals surface area contributed by atoms with E-state index in [1.54, 1.807) is 25.3 Å². The van der Waals surface area contributed by atoms with Crippen molar-refractivity contribution in [2.75, 3.05) is 20.3 Å². The van der Waals surface area contributed by atoms with Crippen LogP contribution in [0.15, 0.2) is 18.2 Å². The van der Waals surface area contributed by atoms with Gasteiger partial charge in [-0.2, -0.15) is 0 Å². The molecule has 1 aromatic carbocycles. The molecule has 0 aliphatic carbocycles. The van der Waals surface area contributed by atoms with Crippen LogP contribution in [-0.4, -0.2) is 31.4 Å². The van der Waals surface area contributed by atoms with E-state index in [1.165, 1.54) is 0 Å². The number of hydrogen-bond acceptors (Lipinski definition) is 3. The number of benzene rings is 1. The number of carboxylic acid groups (broad SMARTS) is 1. The molecular weight excluding hydrogens is 220 g/mol. The minimum Gasteiger partial charge on any atom is -0.494 e. The Balaban J connectivity index is 3.10. The van der Waals surface area contributed by atoms with E-state index in [0.717, 1.165) is 5.56 Å². The van der Waals surface area contributed by atoms with Crippen molar-refractivity contribution in [2.45, 2.75) is 19.8 Å². The van der Waals surface area contributed by atoms with E-state index >= 15 is 0 Å². The van der Waals surface area contributed by atoms with Gasteiger partial charge in [0.15, 0.2) is 0 Å². The molecule has 1 rings (SSSR count). The Kier molecular flexibility index (Phi) is 4.97. The number of ether oxygens (including phenoxy) is 2. The molecule has 0 radical (unpaired) electrons. The van der Waals surface area contributed by atoms with Crippen molar-refractivity contribution in [1.29, 1.82) is 0 Å². The number of rotatable bonds is 6. The lowest BCUT2D eigenvalue weighted by Crippen LogP contribution is -2.09. The van der Waals surface area contributed by atoms with Gasteiger partial charge in [0.1, 0.15) is 5.75 Å². The van der Waals surface area contributed by atoms with Crippen LogP contribution < -0.4 is 4.74 Å². The van der Waals surface area contributed by atoms with Crippen LogP contribution in [0, 0.1) is 0 Å². The van der Waals surface area contributed by atoms with Crippen molar-refractivity contribution < 1.29 is 19.4 Å². The molecule has 0 bridgehead atoms. The van der Waals surface area contributed by atoms with Gasteiger partial charge in [0.2, 0.25) is 0 Å². The van der Waals surface area contributed by atoms with Crippen molar-refractivity contribution >= 4 is 5.97 Å². The summed E-state index contributed by atoms with van der Waals surface area (Å²) in [6.45, 7) is 4.87. The van der Waals surface area contributed by atoms with E-state index in [9.17, 15) is 4.79 Å². The average molecular weight is 238 g/mol. The van der Waals surface area contributed by atoms with E-state index in [2.05, 4.69) is 0 Å². The smallest absolute Gasteiger partial charge is 0.335 e. The van der Waals surface area contributed by atoms with Crippen LogP contribution in [-0.2, 0) is 4.74 Å². The first kappa shape index (κ1) is 13.5. The lowest BCUT2D eigenvalue weighted by Gasteiger charge is -2.15. The van der Waals surface area contributed by atoms with Crippen LogP contribution >= 0.6 is 0 Å². The summed E-state index contributed by atoms with van der Waals surface area (Å²) in [4.78, 5) is 11.1. The topological polar surface area (TPSA) is 55.8 Å². The second-order valence-electron chi connectivity index (χ2n) is 3.84. The summed E-state index contributed by atoms with van der Waals surface area (Å²) in [7, 11) is 1.60. The molecule has 0 fully saturated rings. The van der Waals surface area contributed by atoms with Crippen LogP contribution in [0.4, 0.5) is 0 Å². The van der Waals surface area contributed by atoms with Crippen LogP contribution in [0.3, 0.4) is 0 Å². The number of carbonyl (C=O) groups is 1. The Morgan fingerprint density at radius 2 is 2.18 bits per heavy atom. The van der Waals surface area contributed by atoms with Crippen LogP contribution in [0.2, 0.25) is 0 Å². The molecule has 4 nitrogen and oxygen atoms in total. The summed E-state index contributed by atoms with van der Waals surface area (Å²) < 4.78 is 10.4. The predicted molar refractivity (Wildman–Crippen MR) is 64.9 cm³/mol. The minimum absolute atomic E-state index is 0.0199. The van der Waals surface area contributed by atoms with Crippen molar-refractivity contribution in [3.8, 4) is 5.75 Å². The van der Waals surface area contributed by atoms with Crippen LogP contribution in [0.1, 0.15) is 35.7 Å². The highest BCUT2D eigenvalue weighted by atomic mass is 16.5. The monoisotopic (exact) mass is 238 g/mol. The van der Waals surface area contributed by atoms with Gasteiger partial charge in [-0.25, -0.2) is 4.79 Å². The summed E-state index contributed by atoms with van der Waals surface area (Å²) >= 11 is 0. The summed E-state index contributed by atoms with van der Waals surface area (Å²) in [6, 6.07) is 5.03. The fraction of sp³-hybridized carbons (Fsp3) is 0.462. The average Bonchev–Trinajstić information content (AvgIpc) is 2.29. The first-order chi connectivity index (χ1) is 8.10. The maximum Gasteiger partial charge on any atom is 0.335 e. The minimum atomic E-state index is -0.925. The third-order valence-electron chi connectivity index (χ3n) is 2.51. The van der Waals surface area contributed by atoms with Crippen LogP contribution in [0.25, 0.3) is 0 Å². The van der Waals surface area contributed by atoms with Gasteiger partial charge in [0.25, 0.3) is 0 Å². The summed E-state index contributed by atoms with van der Waals surface area (Å²) in [5.41, 5.74) is 1.04. The third-order valence-corrected chi connectivity index (χ3v) is 2.51. The number of methoxy groups -OCH3 is 1. The summed E-state index contributed by atoms with van der Waals surface area (Å²) in [5, 5.41) is 9.12. The molecule has 0 aromatic heterocycles. The molecule has 0 heterocycles. The van der Waals surface area contributed by atoms with Crippen LogP contribution in [0.5, 0.6) is 5.75 Å². The van der Waals surface area contributed by atoms with Gasteiger partial charge in [0.05, 0.1) is 18.8 Å². The number of hydrogen-bond donors (Lipinski definition) is 1.